The Morgan fingerprint density at radius 2 is 2.31 bits per heavy atom. The third-order valence-corrected chi connectivity index (χ3v) is 2.48. The van der Waals surface area contributed by atoms with Crippen LogP contribution < -0.4 is 11.1 Å². The Morgan fingerprint density at radius 1 is 1.54 bits per heavy atom. The topological polar surface area (TPSA) is 63.8 Å². The van der Waals surface area contributed by atoms with Crippen LogP contribution >= 0.6 is 11.5 Å². The van der Waals surface area contributed by atoms with Crippen LogP contribution in [0, 0.1) is 0 Å². The van der Waals surface area contributed by atoms with E-state index in [2.05, 4.69) is 28.8 Å². The fraction of sp³-hybridized carbons (Fsp3) is 0.750. The van der Waals surface area contributed by atoms with E-state index >= 15 is 0 Å². The molecule has 1 aromatic heterocycles. The first kappa shape index (κ1) is 10.6. The van der Waals surface area contributed by atoms with Gasteiger partial charge in [0.25, 0.3) is 0 Å². The molecule has 0 amide bonds. The molecule has 1 aromatic rings. The normalized spacial score (nSPS) is 11.1. The van der Waals surface area contributed by atoms with Gasteiger partial charge in [0.2, 0.25) is 0 Å². The summed E-state index contributed by atoms with van der Waals surface area (Å²) in [7, 11) is 0. The van der Waals surface area contributed by atoms with Crippen LogP contribution in [0.1, 0.15) is 30.3 Å². The first-order valence-electron chi connectivity index (χ1n) is 4.47. The fourth-order valence-electron chi connectivity index (χ4n) is 1.08. The summed E-state index contributed by atoms with van der Waals surface area (Å²) in [5, 5.41) is 7.33. The van der Waals surface area contributed by atoms with E-state index in [0.717, 1.165) is 18.8 Å². The molecule has 4 nitrogen and oxygen atoms in total. The molecule has 0 unspecified atom stereocenters. The Kier molecular flexibility index (Phi) is 4.27. The molecule has 0 radical (unpaired) electrons. The van der Waals surface area contributed by atoms with Gasteiger partial charge in [-0.2, -0.15) is 0 Å². The van der Waals surface area contributed by atoms with Crippen molar-refractivity contribution < 1.29 is 0 Å². The Hall–Kier alpha value is -0.520. The molecule has 0 saturated heterocycles. The van der Waals surface area contributed by atoms with E-state index in [-0.39, 0.29) is 0 Å². The minimum Gasteiger partial charge on any atom is -0.329 e. The van der Waals surface area contributed by atoms with E-state index in [1.807, 2.05) is 0 Å². The lowest BCUT2D eigenvalue weighted by molar-refractivity contribution is 0.686. The first-order chi connectivity index (χ1) is 6.25. The molecule has 0 saturated carbocycles. The van der Waals surface area contributed by atoms with E-state index in [1.54, 1.807) is 0 Å². The predicted octanol–water partition coefficient (Wildman–Crippen LogP) is 0.710. The van der Waals surface area contributed by atoms with Crippen molar-refractivity contribution in [3.05, 3.63) is 10.6 Å². The minimum atomic E-state index is 0.452. The van der Waals surface area contributed by atoms with E-state index in [0.29, 0.717) is 12.5 Å². The quantitative estimate of drug-likeness (QED) is 0.687. The van der Waals surface area contributed by atoms with Gasteiger partial charge in [-0.25, -0.2) is 0 Å². The predicted molar refractivity (Wildman–Crippen MR) is 54.8 cm³/mol. The Morgan fingerprint density at radius 3 is 2.92 bits per heavy atom. The highest BCUT2D eigenvalue weighted by Gasteiger charge is 2.10. The molecule has 74 valence electrons. The molecular weight excluding hydrogens is 184 g/mol. The van der Waals surface area contributed by atoms with Gasteiger partial charge in [0.15, 0.2) is 0 Å². The lowest BCUT2D eigenvalue weighted by Crippen LogP contribution is -2.22. The van der Waals surface area contributed by atoms with Crippen LogP contribution in [0.4, 0.5) is 0 Å². The highest BCUT2D eigenvalue weighted by atomic mass is 32.1. The zero-order valence-electron chi connectivity index (χ0n) is 8.08. The second-order valence-corrected chi connectivity index (χ2v) is 4.04. The number of nitrogens with one attached hydrogen (secondary N) is 1. The van der Waals surface area contributed by atoms with Gasteiger partial charge in [-0.1, -0.05) is 18.3 Å². The number of nitrogens with two attached hydrogens (primary N) is 1. The molecule has 5 heteroatoms. The standard InChI is InChI=1S/C8H16N4S/c1-6(2)8-7(13-12-11-8)5-10-4-3-9/h6,10H,3-5,9H2,1-2H3. The summed E-state index contributed by atoms with van der Waals surface area (Å²) < 4.78 is 3.94. The molecule has 0 atom stereocenters. The van der Waals surface area contributed by atoms with Crippen molar-refractivity contribution in [3.63, 3.8) is 0 Å². The van der Waals surface area contributed by atoms with Gasteiger partial charge in [-0.3, -0.25) is 0 Å². The number of nitrogens with zero attached hydrogens (tertiary/aromatic N) is 2. The molecule has 0 spiro atoms. The maximum absolute atomic E-state index is 5.38. The summed E-state index contributed by atoms with van der Waals surface area (Å²) >= 11 is 1.46. The minimum absolute atomic E-state index is 0.452. The maximum atomic E-state index is 5.38. The number of aromatic nitrogens is 2. The molecule has 0 aliphatic rings. The summed E-state index contributed by atoms with van der Waals surface area (Å²) in [5.41, 5.74) is 6.48. The molecule has 0 fully saturated rings. The lowest BCUT2D eigenvalue weighted by Gasteiger charge is -2.04. The van der Waals surface area contributed by atoms with Crippen molar-refractivity contribution >= 4 is 11.5 Å². The molecule has 1 rings (SSSR count). The molecule has 13 heavy (non-hydrogen) atoms. The molecule has 0 bridgehead atoms. The smallest absolute Gasteiger partial charge is 0.0826 e. The number of hydrogen-bond donors (Lipinski definition) is 2. The van der Waals surface area contributed by atoms with Crippen molar-refractivity contribution in [2.75, 3.05) is 13.1 Å². The summed E-state index contributed by atoms with van der Waals surface area (Å²) in [5.74, 6) is 0.452. The number of hydrogen-bond acceptors (Lipinski definition) is 5. The Labute approximate surface area is 82.7 Å². The molecule has 0 aromatic carbocycles. The van der Waals surface area contributed by atoms with Crippen molar-refractivity contribution in [1.82, 2.24) is 14.9 Å². The monoisotopic (exact) mass is 200 g/mol. The van der Waals surface area contributed by atoms with Crippen LogP contribution in [-0.4, -0.2) is 22.7 Å². The van der Waals surface area contributed by atoms with Crippen LogP contribution in [0.5, 0.6) is 0 Å². The van der Waals surface area contributed by atoms with Gasteiger partial charge < -0.3 is 11.1 Å². The average Bonchev–Trinajstić information content (AvgIpc) is 2.53. The molecule has 3 N–H and O–H groups in total. The second kappa shape index (κ2) is 5.26. The van der Waals surface area contributed by atoms with Gasteiger partial charge in [-0.05, 0) is 17.5 Å². The Balaban J connectivity index is 2.50. The van der Waals surface area contributed by atoms with E-state index in [1.165, 1.54) is 16.4 Å². The highest BCUT2D eigenvalue weighted by molar-refractivity contribution is 7.05. The molecule has 0 aliphatic heterocycles. The lowest BCUT2D eigenvalue weighted by atomic mass is 10.1. The zero-order valence-corrected chi connectivity index (χ0v) is 8.90. The second-order valence-electron chi connectivity index (χ2n) is 3.20. The largest absolute Gasteiger partial charge is 0.329 e. The van der Waals surface area contributed by atoms with Crippen LogP contribution in [0.25, 0.3) is 0 Å². The third kappa shape index (κ3) is 3.02. The van der Waals surface area contributed by atoms with Gasteiger partial charge in [0.1, 0.15) is 0 Å². The zero-order chi connectivity index (χ0) is 9.68. The number of rotatable bonds is 5. The van der Waals surface area contributed by atoms with Crippen LogP contribution in [0.2, 0.25) is 0 Å². The summed E-state index contributed by atoms with van der Waals surface area (Å²) in [6, 6.07) is 0. The Bertz CT molecular complexity index is 246. The first-order valence-corrected chi connectivity index (χ1v) is 5.25. The van der Waals surface area contributed by atoms with Crippen molar-refractivity contribution in [2.45, 2.75) is 26.3 Å². The highest BCUT2D eigenvalue weighted by Crippen LogP contribution is 2.18. The van der Waals surface area contributed by atoms with Gasteiger partial charge in [-0.15, -0.1) is 5.10 Å². The van der Waals surface area contributed by atoms with E-state index < -0.39 is 0 Å². The summed E-state index contributed by atoms with van der Waals surface area (Å²) in [6.45, 7) is 6.60. The average molecular weight is 200 g/mol. The molecule has 0 aliphatic carbocycles. The van der Waals surface area contributed by atoms with Crippen LogP contribution in [0.3, 0.4) is 0 Å². The van der Waals surface area contributed by atoms with Gasteiger partial charge >= 0.3 is 0 Å². The van der Waals surface area contributed by atoms with Crippen molar-refractivity contribution in [3.8, 4) is 0 Å². The van der Waals surface area contributed by atoms with Gasteiger partial charge in [0, 0.05) is 19.6 Å². The van der Waals surface area contributed by atoms with Crippen molar-refractivity contribution in [1.29, 1.82) is 0 Å². The maximum Gasteiger partial charge on any atom is 0.0826 e. The van der Waals surface area contributed by atoms with Crippen molar-refractivity contribution in [2.24, 2.45) is 5.73 Å². The summed E-state index contributed by atoms with van der Waals surface area (Å²) in [6.07, 6.45) is 0. The van der Waals surface area contributed by atoms with Crippen LogP contribution in [0.15, 0.2) is 0 Å². The fourth-order valence-corrected chi connectivity index (χ4v) is 1.84. The van der Waals surface area contributed by atoms with E-state index in [4.69, 9.17) is 5.73 Å². The van der Waals surface area contributed by atoms with Gasteiger partial charge in [0.05, 0.1) is 10.6 Å². The molecule has 1 heterocycles. The molecular formula is C8H16N4S. The van der Waals surface area contributed by atoms with E-state index in [9.17, 15) is 0 Å². The SMILES string of the molecule is CC(C)c1nnsc1CNCCN. The third-order valence-electron chi connectivity index (χ3n) is 1.74. The summed E-state index contributed by atoms with van der Waals surface area (Å²) in [4.78, 5) is 1.23. The van der Waals surface area contributed by atoms with Crippen LogP contribution in [-0.2, 0) is 6.54 Å².